The SMILES string of the molecule is COc1ccc2c(Cl)c(C(=O)OCC(=O)c3cc(C)n(C)c3C)sc2c1Cl. The number of methoxy groups -OCH3 is 1. The number of ether oxygens (including phenoxy) is 2. The van der Waals surface area contributed by atoms with Gasteiger partial charge >= 0.3 is 5.97 Å². The molecule has 8 heteroatoms. The van der Waals surface area contributed by atoms with Crippen molar-refractivity contribution >= 4 is 56.4 Å². The lowest BCUT2D eigenvalue weighted by Gasteiger charge is -2.04. The van der Waals surface area contributed by atoms with Gasteiger partial charge < -0.3 is 14.0 Å². The Labute approximate surface area is 170 Å². The Morgan fingerprint density at radius 3 is 2.48 bits per heavy atom. The average molecular weight is 426 g/mol. The predicted octanol–water partition coefficient (Wildman–Crippen LogP) is 5.21. The van der Waals surface area contributed by atoms with Crippen LogP contribution in [0.2, 0.25) is 10.0 Å². The zero-order chi connectivity index (χ0) is 19.9. The fraction of sp³-hybridized carbons (Fsp3) is 0.263. The highest BCUT2D eigenvalue weighted by molar-refractivity contribution is 7.22. The average Bonchev–Trinajstić information content (AvgIpc) is 3.12. The third kappa shape index (κ3) is 3.45. The maximum absolute atomic E-state index is 12.5. The maximum Gasteiger partial charge on any atom is 0.350 e. The van der Waals surface area contributed by atoms with Gasteiger partial charge in [-0.05, 0) is 32.0 Å². The quantitative estimate of drug-likeness (QED) is 0.415. The maximum atomic E-state index is 12.5. The molecule has 2 heterocycles. The lowest BCUT2D eigenvalue weighted by Crippen LogP contribution is -2.14. The summed E-state index contributed by atoms with van der Waals surface area (Å²) in [6.45, 7) is 3.40. The van der Waals surface area contributed by atoms with E-state index < -0.39 is 5.97 Å². The molecule has 0 unspecified atom stereocenters. The Hall–Kier alpha value is -2.02. The molecule has 142 valence electrons. The summed E-state index contributed by atoms with van der Waals surface area (Å²) in [4.78, 5) is 25.1. The second-order valence-electron chi connectivity index (χ2n) is 6.05. The Balaban J connectivity index is 1.82. The molecular formula is C19H17Cl2NO4S. The van der Waals surface area contributed by atoms with Crippen molar-refractivity contribution in [1.29, 1.82) is 0 Å². The molecule has 0 spiro atoms. The zero-order valence-corrected chi connectivity index (χ0v) is 17.5. The van der Waals surface area contributed by atoms with Crippen LogP contribution in [0.1, 0.15) is 31.4 Å². The van der Waals surface area contributed by atoms with Gasteiger partial charge in [-0.2, -0.15) is 0 Å². The molecule has 0 aliphatic carbocycles. The minimum Gasteiger partial charge on any atom is -0.495 e. The van der Waals surface area contributed by atoms with Crippen LogP contribution in [0.5, 0.6) is 5.75 Å². The molecule has 3 aromatic rings. The Morgan fingerprint density at radius 2 is 1.89 bits per heavy atom. The van der Waals surface area contributed by atoms with Gasteiger partial charge in [-0.25, -0.2) is 4.79 Å². The number of ketones is 1. The van der Waals surface area contributed by atoms with Crippen LogP contribution in [0.3, 0.4) is 0 Å². The molecule has 0 radical (unpaired) electrons. The molecule has 0 N–H and O–H groups in total. The second kappa shape index (κ2) is 7.54. The molecule has 0 atom stereocenters. The first kappa shape index (κ1) is 19.7. The van der Waals surface area contributed by atoms with Crippen LogP contribution in [-0.4, -0.2) is 30.0 Å². The minimum atomic E-state index is -0.658. The van der Waals surface area contributed by atoms with Crippen LogP contribution in [0, 0.1) is 13.8 Å². The number of aromatic nitrogens is 1. The van der Waals surface area contributed by atoms with Crippen molar-refractivity contribution in [2.75, 3.05) is 13.7 Å². The van der Waals surface area contributed by atoms with Crippen molar-refractivity contribution in [2.24, 2.45) is 7.05 Å². The molecule has 0 aliphatic heterocycles. The molecule has 0 bridgehead atoms. The Bertz CT molecular complexity index is 1070. The number of esters is 1. The van der Waals surface area contributed by atoms with Crippen molar-refractivity contribution < 1.29 is 19.1 Å². The number of fused-ring (bicyclic) bond motifs is 1. The highest BCUT2D eigenvalue weighted by atomic mass is 35.5. The molecule has 5 nitrogen and oxygen atoms in total. The molecule has 27 heavy (non-hydrogen) atoms. The van der Waals surface area contributed by atoms with Gasteiger partial charge in [-0.1, -0.05) is 23.2 Å². The smallest absolute Gasteiger partial charge is 0.350 e. The van der Waals surface area contributed by atoms with Crippen LogP contribution in [-0.2, 0) is 11.8 Å². The standard InChI is InChI=1S/C19H17Cl2NO4S/c1-9-7-12(10(2)22(9)3)13(23)8-26-19(24)18-15(20)11-5-6-14(25-4)16(21)17(11)27-18/h5-7H,8H2,1-4H3. The molecule has 3 rings (SSSR count). The van der Waals surface area contributed by atoms with Crippen molar-refractivity contribution in [3.8, 4) is 5.75 Å². The number of aryl methyl sites for hydroxylation is 1. The summed E-state index contributed by atoms with van der Waals surface area (Å²) in [6.07, 6.45) is 0. The van der Waals surface area contributed by atoms with E-state index in [0.29, 0.717) is 26.4 Å². The third-order valence-electron chi connectivity index (χ3n) is 4.52. The molecule has 0 saturated carbocycles. The molecule has 1 aromatic carbocycles. The van der Waals surface area contributed by atoms with E-state index in [1.54, 1.807) is 18.2 Å². The van der Waals surface area contributed by atoms with Crippen LogP contribution >= 0.6 is 34.5 Å². The van der Waals surface area contributed by atoms with Gasteiger partial charge in [0.15, 0.2) is 6.61 Å². The van der Waals surface area contributed by atoms with Crippen molar-refractivity contribution in [2.45, 2.75) is 13.8 Å². The first-order chi connectivity index (χ1) is 12.8. The molecule has 0 fully saturated rings. The first-order valence-electron chi connectivity index (χ1n) is 8.04. The van der Waals surface area contributed by atoms with Crippen LogP contribution in [0.15, 0.2) is 18.2 Å². The van der Waals surface area contributed by atoms with E-state index in [1.165, 1.54) is 7.11 Å². The van der Waals surface area contributed by atoms with Crippen LogP contribution < -0.4 is 4.74 Å². The largest absolute Gasteiger partial charge is 0.495 e. The zero-order valence-electron chi connectivity index (χ0n) is 15.2. The molecule has 0 amide bonds. The van der Waals surface area contributed by atoms with Gasteiger partial charge in [0.1, 0.15) is 15.6 Å². The molecular weight excluding hydrogens is 409 g/mol. The number of nitrogens with zero attached hydrogens (tertiary/aromatic N) is 1. The summed E-state index contributed by atoms with van der Waals surface area (Å²) >= 11 is 13.7. The van der Waals surface area contributed by atoms with Gasteiger partial charge in [0.25, 0.3) is 0 Å². The minimum absolute atomic E-state index is 0.204. The normalized spacial score (nSPS) is 11.0. The summed E-state index contributed by atoms with van der Waals surface area (Å²) in [5.41, 5.74) is 2.32. The van der Waals surface area contributed by atoms with E-state index >= 15 is 0 Å². The van der Waals surface area contributed by atoms with Gasteiger partial charge in [0, 0.05) is 29.4 Å². The van der Waals surface area contributed by atoms with Crippen LogP contribution in [0.4, 0.5) is 0 Å². The summed E-state index contributed by atoms with van der Waals surface area (Å²) in [7, 11) is 3.39. The lowest BCUT2D eigenvalue weighted by molar-refractivity contribution is 0.0479. The van der Waals surface area contributed by atoms with Crippen molar-refractivity contribution in [3.63, 3.8) is 0 Å². The fourth-order valence-electron chi connectivity index (χ4n) is 2.78. The first-order valence-corrected chi connectivity index (χ1v) is 9.61. The predicted molar refractivity (Wildman–Crippen MR) is 108 cm³/mol. The second-order valence-corrected chi connectivity index (χ2v) is 7.82. The fourth-order valence-corrected chi connectivity index (χ4v) is 4.56. The highest BCUT2D eigenvalue weighted by Crippen LogP contribution is 2.43. The number of thiophene rings is 1. The van der Waals surface area contributed by atoms with Gasteiger partial charge in [-0.15, -0.1) is 11.3 Å². The van der Waals surface area contributed by atoms with E-state index in [-0.39, 0.29) is 22.3 Å². The monoisotopic (exact) mass is 425 g/mol. The van der Waals surface area contributed by atoms with E-state index in [2.05, 4.69) is 0 Å². The molecule has 2 aromatic heterocycles. The van der Waals surface area contributed by atoms with E-state index in [4.69, 9.17) is 32.7 Å². The van der Waals surface area contributed by atoms with Gasteiger partial charge in [0.05, 0.1) is 16.8 Å². The van der Waals surface area contributed by atoms with Crippen molar-refractivity contribution in [1.82, 2.24) is 4.57 Å². The molecule has 0 aliphatic rings. The highest BCUT2D eigenvalue weighted by Gasteiger charge is 2.23. The summed E-state index contributed by atoms with van der Waals surface area (Å²) in [5, 5.41) is 1.27. The topological polar surface area (TPSA) is 57.5 Å². The van der Waals surface area contributed by atoms with Crippen molar-refractivity contribution in [3.05, 3.63) is 50.1 Å². The number of benzene rings is 1. The Morgan fingerprint density at radius 1 is 1.19 bits per heavy atom. The number of halogens is 2. The summed E-state index contributed by atoms with van der Waals surface area (Å²) < 4.78 is 12.9. The summed E-state index contributed by atoms with van der Waals surface area (Å²) in [5.74, 6) is -0.427. The van der Waals surface area contributed by atoms with Gasteiger partial charge in [-0.3, -0.25) is 4.79 Å². The van der Waals surface area contributed by atoms with E-state index in [0.717, 1.165) is 22.7 Å². The molecule has 0 saturated heterocycles. The van der Waals surface area contributed by atoms with E-state index in [1.807, 2.05) is 25.5 Å². The number of carbonyl (C=O) groups is 2. The number of rotatable bonds is 5. The Kier molecular flexibility index (Phi) is 5.51. The van der Waals surface area contributed by atoms with Crippen LogP contribution in [0.25, 0.3) is 10.1 Å². The number of hydrogen-bond donors (Lipinski definition) is 0. The number of hydrogen-bond acceptors (Lipinski definition) is 5. The number of Topliss-reactive ketones (excluding diaryl/α,β-unsaturated/α-hetero) is 1. The third-order valence-corrected chi connectivity index (χ3v) is 6.71. The lowest BCUT2D eigenvalue weighted by atomic mass is 10.1. The van der Waals surface area contributed by atoms with E-state index in [9.17, 15) is 9.59 Å². The number of carbonyl (C=O) groups excluding carboxylic acids is 2. The summed E-state index contributed by atoms with van der Waals surface area (Å²) in [6, 6.07) is 5.20. The van der Waals surface area contributed by atoms with Gasteiger partial charge in [0.2, 0.25) is 5.78 Å².